The molecule has 1 saturated heterocycles. The van der Waals surface area contributed by atoms with E-state index in [1.807, 2.05) is 26.0 Å². The quantitative estimate of drug-likeness (QED) is 0.396. The second kappa shape index (κ2) is 10.2. The fourth-order valence-electron chi connectivity index (χ4n) is 3.06. The molecule has 148 valence electrons. The number of anilines is 1. The third-order valence-corrected chi connectivity index (χ3v) is 5.52. The van der Waals surface area contributed by atoms with Crippen molar-refractivity contribution in [1.29, 1.82) is 0 Å². The highest BCUT2D eigenvalue weighted by Gasteiger charge is 2.25. The lowest BCUT2D eigenvalue weighted by Crippen LogP contribution is -2.48. The smallest absolute Gasteiger partial charge is 0.194 e. The second-order valence-electron chi connectivity index (χ2n) is 6.58. The van der Waals surface area contributed by atoms with Gasteiger partial charge in [-0.15, -0.1) is 35.3 Å². The summed E-state index contributed by atoms with van der Waals surface area (Å²) in [6.07, 6.45) is 0.0723. The number of aromatic nitrogens is 1. The lowest BCUT2D eigenvalue weighted by atomic mass is 10.0. The van der Waals surface area contributed by atoms with Crippen LogP contribution in [0.1, 0.15) is 22.9 Å². The highest BCUT2D eigenvalue weighted by atomic mass is 127. The summed E-state index contributed by atoms with van der Waals surface area (Å²) < 4.78 is 6.02. The van der Waals surface area contributed by atoms with Crippen molar-refractivity contribution >= 4 is 46.4 Å². The molecule has 1 aromatic heterocycles. The van der Waals surface area contributed by atoms with Gasteiger partial charge in [0.2, 0.25) is 0 Å². The molecule has 0 spiro atoms. The van der Waals surface area contributed by atoms with Crippen LogP contribution in [0, 0.1) is 6.92 Å². The number of hydrogen-bond donors (Lipinski definition) is 1. The predicted molar refractivity (Wildman–Crippen MR) is 123 cm³/mol. The van der Waals surface area contributed by atoms with Gasteiger partial charge in [0, 0.05) is 33.1 Å². The molecule has 6 nitrogen and oxygen atoms in total. The number of halogens is 1. The van der Waals surface area contributed by atoms with Gasteiger partial charge in [-0.05, 0) is 18.1 Å². The molecule has 0 amide bonds. The Kier molecular flexibility index (Phi) is 8.30. The molecule has 2 aromatic rings. The van der Waals surface area contributed by atoms with Crippen LogP contribution in [0.15, 0.2) is 34.6 Å². The van der Waals surface area contributed by atoms with Crippen LogP contribution >= 0.6 is 35.3 Å². The van der Waals surface area contributed by atoms with E-state index in [-0.39, 0.29) is 30.1 Å². The Balaban J connectivity index is 0.00000261. The third-order valence-electron chi connectivity index (χ3n) is 4.46. The topological polar surface area (TPSA) is 53.0 Å². The zero-order valence-corrected chi connectivity index (χ0v) is 19.5. The minimum Gasteiger partial charge on any atom is -0.370 e. The first-order valence-electron chi connectivity index (χ1n) is 8.83. The molecule has 1 atom stereocenters. The molecule has 3 rings (SSSR count). The van der Waals surface area contributed by atoms with Gasteiger partial charge in [0.05, 0.1) is 25.4 Å². The maximum Gasteiger partial charge on any atom is 0.194 e. The molecular formula is C19H28IN5OS. The van der Waals surface area contributed by atoms with Gasteiger partial charge in [0.1, 0.15) is 6.10 Å². The van der Waals surface area contributed by atoms with Crippen LogP contribution < -0.4 is 10.2 Å². The molecule has 8 heteroatoms. The fourth-order valence-corrected chi connectivity index (χ4v) is 3.82. The van der Waals surface area contributed by atoms with Crippen molar-refractivity contribution in [3.63, 3.8) is 0 Å². The number of guanidine groups is 1. The number of hydrogen-bond acceptors (Lipinski definition) is 5. The first-order valence-corrected chi connectivity index (χ1v) is 9.71. The second-order valence-corrected chi connectivity index (χ2v) is 7.42. The predicted octanol–water partition coefficient (Wildman–Crippen LogP) is 3.28. The lowest BCUT2D eigenvalue weighted by molar-refractivity contribution is -0.00834. The van der Waals surface area contributed by atoms with E-state index in [9.17, 15) is 0 Å². The molecule has 1 unspecified atom stereocenters. The van der Waals surface area contributed by atoms with Gasteiger partial charge in [-0.2, -0.15) is 0 Å². The van der Waals surface area contributed by atoms with Gasteiger partial charge in [-0.1, -0.05) is 24.3 Å². The molecule has 0 bridgehead atoms. The van der Waals surface area contributed by atoms with Crippen LogP contribution in [-0.2, 0) is 11.3 Å². The van der Waals surface area contributed by atoms with Crippen LogP contribution in [0.25, 0.3) is 0 Å². The molecule has 1 N–H and O–H groups in total. The van der Waals surface area contributed by atoms with Gasteiger partial charge in [-0.3, -0.25) is 4.99 Å². The molecule has 1 aliphatic heterocycles. The van der Waals surface area contributed by atoms with Crippen LogP contribution in [0.3, 0.4) is 0 Å². The van der Waals surface area contributed by atoms with E-state index < -0.39 is 0 Å². The fraction of sp³-hybridized carbons (Fsp3) is 0.474. The summed E-state index contributed by atoms with van der Waals surface area (Å²) in [4.78, 5) is 13.4. The van der Waals surface area contributed by atoms with E-state index in [0.717, 1.165) is 29.9 Å². The Morgan fingerprint density at radius 2 is 2.19 bits per heavy atom. The van der Waals surface area contributed by atoms with Gasteiger partial charge >= 0.3 is 0 Å². The number of aryl methyl sites for hydroxylation is 1. The Hall–Kier alpha value is -1.39. The molecule has 1 fully saturated rings. The van der Waals surface area contributed by atoms with E-state index in [1.54, 1.807) is 11.3 Å². The summed E-state index contributed by atoms with van der Waals surface area (Å²) in [6, 6.07) is 8.42. The summed E-state index contributed by atoms with van der Waals surface area (Å²) in [5.41, 5.74) is 3.55. The van der Waals surface area contributed by atoms with Crippen LogP contribution in [0.5, 0.6) is 0 Å². The Labute approximate surface area is 182 Å². The Bertz CT molecular complexity index is 764. The number of nitrogens with one attached hydrogen (secondary N) is 1. The van der Waals surface area contributed by atoms with Gasteiger partial charge in [0.25, 0.3) is 0 Å². The van der Waals surface area contributed by atoms with Gasteiger partial charge < -0.3 is 19.9 Å². The average molecular weight is 501 g/mol. The molecule has 0 aliphatic carbocycles. The highest BCUT2D eigenvalue weighted by molar-refractivity contribution is 14.0. The maximum absolute atomic E-state index is 6.02. The van der Waals surface area contributed by atoms with Crippen molar-refractivity contribution in [1.82, 2.24) is 15.2 Å². The number of aliphatic imine (C=N–C) groups is 1. The zero-order valence-electron chi connectivity index (χ0n) is 16.3. The number of ether oxygens (including phenoxy) is 1. The SMILES string of the molecule is CN=C(NCc1csc(N(C)C)n1)N1CCOC(c2ccccc2C)C1.I. The number of thiazole rings is 1. The molecule has 1 aliphatic rings. The lowest BCUT2D eigenvalue weighted by Gasteiger charge is -2.35. The van der Waals surface area contributed by atoms with Crippen LogP contribution in [0.4, 0.5) is 5.13 Å². The minimum atomic E-state index is 0. The average Bonchev–Trinajstić information content (AvgIpc) is 3.12. The maximum atomic E-state index is 6.02. The van der Waals surface area contributed by atoms with Crippen molar-refractivity contribution in [2.75, 3.05) is 45.7 Å². The van der Waals surface area contributed by atoms with E-state index >= 15 is 0 Å². The summed E-state index contributed by atoms with van der Waals surface area (Å²) in [5, 5.41) is 6.55. The van der Waals surface area contributed by atoms with Crippen molar-refractivity contribution in [2.45, 2.75) is 19.6 Å². The van der Waals surface area contributed by atoms with Crippen LogP contribution in [-0.4, -0.2) is 56.7 Å². The van der Waals surface area contributed by atoms with Crippen molar-refractivity contribution < 1.29 is 4.74 Å². The van der Waals surface area contributed by atoms with E-state index in [2.05, 4.69) is 56.8 Å². The van der Waals surface area contributed by atoms with Crippen LogP contribution in [0.2, 0.25) is 0 Å². The van der Waals surface area contributed by atoms with Gasteiger partial charge in [0.15, 0.2) is 11.1 Å². The molecular weight excluding hydrogens is 473 g/mol. The summed E-state index contributed by atoms with van der Waals surface area (Å²) in [7, 11) is 5.84. The molecule has 1 aromatic carbocycles. The normalized spacial score (nSPS) is 17.4. The standard InChI is InChI=1S/C19H27N5OS.HI/c1-14-7-5-6-8-16(14)17-12-24(9-10-25-17)18(20-2)21-11-15-13-26-19(22-15)23(3)4;/h5-8,13,17H,9-12H2,1-4H3,(H,20,21);1H. The van der Waals surface area contributed by atoms with E-state index in [4.69, 9.17) is 4.74 Å². The number of rotatable bonds is 4. The molecule has 2 heterocycles. The summed E-state index contributed by atoms with van der Waals surface area (Å²) >= 11 is 1.65. The first kappa shape index (κ1) is 21.9. The number of morpholine rings is 1. The van der Waals surface area contributed by atoms with Gasteiger partial charge in [-0.25, -0.2) is 4.98 Å². The molecule has 0 saturated carbocycles. The Morgan fingerprint density at radius 1 is 1.41 bits per heavy atom. The van der Waals surface area contributed by atoms with Crippen molar-refractivity contribution in [3.8, 4) is 0 Å². The third kappa shape index (κ3) is 5.55. The largest absolute Gasteiger partial charge is 0.370 e. The van der Waals surface area contributed by atoms with Crippen molar-refractivity contribution in [2.24, 2.45) is 4.99 Å². The number of benzene rings is 1. The van der Waals surface area contributed by atoms with E-state index in [1.165, 1.54) is 11.1 Å². The summed E-state index contributed by atoms with van der Waals surface area (Å²) in [5.74, 6) is 0.895. The van der Waals surface area contributed by atoms with E-state index in [0.29, 0.717) is 13.2 Å². The highest BCUT2D eigenvalue weighted by Crippen LogP contribution is 2.25. The zero-order chi connectivity index (χ0) is 18.5. The Morgan fingerprint density at radius 3 is 2.85 bits per heavy atom. The molecule has 27 heavy (non-hydrogen) atoms. The van der Waals surface area contributed by atoms with Crippen molar-refractivity contribution in [3.05, 3.63) is 46.5 Å². The summed E-state index contributed by atoms with van der Waals surface area (Å²) in [6.45, 7) is 5.13. The first-order chi connectivity index (χ1) is 12.6. The minimum absolute atomic E-state index is 0. The molecule has 0 radical (unpaired) electrons. The monoisotopic (exact) mass is 501 g/mol. The number of nitrogens with zero attached hydrogens (tertiary/aromatic N) is 4.